The van der Waals surface area contributed by atoms with E-state index in [1.165, 1.54) is 5.56 Å². The van der Waals surface area contributed by atoms with Crippen LogP contribution in [-0.4, -0.2) is 36.7 Å². The molecule has 4 rings (SSSR count). The van der Waals surface area contributed by atoms with Crippen LogP contribution < -0.4 is 14.8 Å². The first kappa shape index (κ1) is 16.9. The standard InChI is InChI=1S/C21H24N2O3/c1-15(21(24)22-18-7-8-19-20(13-18)26-14-25-19)23-11-9-17(10-12-23)16-5-3-2-4-6-16/h2-8,13,15,17H,9-12,14H2,1H3,(H,22,24). The van der Waals surface area contributed by atoms with E-state index in [1.54, 1.807) is 0 Å². The fourth-order valence-corrected chi connectivity index (χ4v) is 3.73. The maximum absolute atomic E-state index is 12.6. The first-order valence-electron chi connectivity index (χ1n) is 9.20. The van der Waals surface area contributed by atoms with Crippen molar-refractivity contribution in [2.75, 3.05) is 25.2 Å². The van der Waals surface area contributed by atoms with Crippen molar-refractivity contribution >= 4 is 11.6 Å². The van der Waals surface area contributed by atoms with Crippen molar-refractivity contribution in [2.24, 2.45) is 0 Å². The molecular weight excluding hydrogens is 328 g/mol. The van der Waals surface area contributed by atoms with Crippen LogP contribution in [0.15, 0.2) is 48.5 Å². The summed E-state index contributed by atoms with van der Waals surface area (Å²) in [6.45, 7) is 4.09. The number of likely N-dealkylation sites (tertiary alicyclic amines) is 1. The number of rotatable bonds is 4. The molecule has 1 unspecified atom stereocenters. The van der Waals surface area contributed by atoms with Crippen LogP contribution >= 0.6 is 0 Å². The normalized spacial score (nSPS) is 18.5. The van der Waals surface area contributed by atoms with Crippen LogP contribution in [0.2, 0.25) is 0 Å². The quantitative estimate of drug-likeness (QED) is 0.913. The van der Waals surface area contributed by atoms with Gasteiger partial charge in [-0.3, -0.25) is 9.69 Å². The highest BCUT2D eigenvalue weighted by molar-refractivity contribution is 5.94. The molecule has 5 heteroatoms. The van der Waals surface area contributed by atoms with Crippen molar-refractivity contribution in [1.29, 1.82) is 0 Å². The Balaban J connectivity index is 1.33. The fourth-order valence-electron chi connectivity index (χ4n) is 3.73. The van der Waals surface area contributed by atoms with Crippen LogP contribution in [-0.2, 0) is 4.79 Å². The Morgan fingerprint density at radius 2 is 1.81 bits per heavy atom. The van der Waals surface area contributed by atoms with Crippen LogP contribution in [0.4, 0.5) is 5.69 Å². The molecule has 0 bridgehead atoms. The lowest BCUT2D eigenvalue weighted by molar-refractivity contribution is -0.121. The monoisotopic (exact) mass is 352 g/mol. The van der Waals surface area contributed by atoms with E-state index in [0.717, 1.165) is 37.4 Å². The molecule has 1 N–H and O–H groups in total. The van der Waals surface area contributed by atoms with E-state index in [1.807, 2.05) is 25.1 Å². The Hall–Kier alpha value is -2.53. The maximum Gasteiger partial charge on any atom is 0.241 e. The third kappa shape index (κ3) is 3.53. The van der Waals surface area contributed by atoms with Crippen molar-refractivity contribution < 1.29 is 14.3 Å². The van der Waals surface area contributed by atoms with Crippen LogP contribution in [0.1, 0.15) is 31.2 Å². The van der Waals surface area contributed by atoms with E-state index in [9.17, 15) is 4.79 Å². The third-order valence-corrected chi connectivity index (χ3v) is 5.37. The van der Waals surface area contributed by atoms with Gasteiger partial charge in [-0.25, -0.2) is 0 Å². The highest BCUT2D eigenvalue weighted by atomic mass is 16.7. The minimum absolute atomic E-state index is 0.0158. The van der Waals surface area contributed by atoms with Gasteiger partial charge in [-0.15, -0.1) is 0 Å². The molecule has 0 radical (unpaired) electrons. The predicted molar refractivity (Wildman–Crippen MR) is 101 cm³/mol. The largest absolute Gasteiger partial charge is 0.454 e. The number of anilines is 1. The second-order valence-corrected chi connectivity index (χ2v) is 6.95. The topological polar surface area (TPSA) is 50.8 Å². The number of ether oxygens (including phenoxy) is 2. The zero-order chi connectivity index (χ0) is 17.9. The van der Waals surface area contributed by atoms with Crippen LogP contribution in [0, 0.1) is 0 Å². The van der Waals surface area contributed by atoms with Gasteiger partial charge >= 0.3 is 0 Å². The second-order valence-electron chi connectivity index (χ2n) is 6.95. The zero-order valence-corrected chi connectivity index (χ0v) is 15.0. The average molecular weight is 352 g/mol. The van der Waals surface area contributed by atoms with Gasteiger partial charge in [0.05, 0.1) is 6.04 Å². The number of nitrogens with zero attached hydrogens (tertiary/aromatic N) is 1. The molecule has 2 aromatic carbocycles. The van der Waals surface area contributed by atoms with Gasteiger partial charge in [-0.2, -0.15) is 0 Å². The second kappa shape index (κ2) is 7.38. The third-order valence-electron chi connectivity index (χ3n) is 5.37. The average Bonchev–Trinajstić information content (AvgIpc) is 3.16. The highest BCUT2D eigenvalue weighted by Gasteiger charge is 2.27. The molecule has 2 aliphatic rings. The summed E-state index contributed by atoms with van der Waals surface area (Å²) in [5.41, 5.74) is 2.15. The maximum atomic E-state index is 12.6. The summed E-state index contributed by atoms with van der Waals surface area (Å²) in [6, 6.07) is 16.0. The Morgan fingerprint density at radius 3 is 2.58 bits per heavy atom. The molecular formula is C21H24N2O3. The number of hydrogen-bond donors (Lipinski definition) is 1. The minimum Gasteiger partial charge on any atom is -0.454 e. The lowest BCUT2D eigenvalue weighted by Gasteiger charge is -2.35. The molecule has 2 aromatic rings. The number of fused-ring (bicyclic) bond motifs is 1. The van der Waals surface area contributed by atoms with Crippen molar-refractivity contribution in [2.45, 2.75) is 31.7 Å². The van der Waals surface area contributed by atoms with Crippen molar-refractivity contribution in [3.8, 4) is 11.5 Å². The number of nitrogens with one attached hydrogen (secondary N) is 1. The Bertz CT molecular complexity index is 770. The summed E-state index contributed by atoms with van der Waals surface area (Å²) in [5, 5.41) is 3.00. The lowest BCUT2D eigenvalue weighted by Crippen LogP contribution is -2.45. The van der Waals surface area contributed by atoms with E-state index in [4.69, 9.17) is 9.47 Å². The fraction of sp³-hybridized carbons (Fsp3) is 0.381. The number of benzene rings is 2. The zero-order valence-electron chi connectivity index (χ0n) is 15.0. The molecule has 5 nitrogen and oxygen atoms in total. The van der Waals surface area contributed by atoms with Gasteiger partial charge in [0, 0.05) is 11.8 Å². The number of carbonyl (C=O) groups excluding carboxylic acids is 1. The van der Waals surface area contributed by atoms with Gasteiger partial charge in [0.2, 0.25) is 12.7 Å². The lowest BCUT2D eigenvalue weighted by atomic mass is 9.89. The highest BCUT2D eigenvalue weighted by Crippen LogP contribution is 2.34. The summed E-state index contributed by atoms with van der Waals surface area (Å²) in [4.78, 5) is 14.9. The Morgan fingerprint density at radius 1 is 1.08 bits per heavy atom. The van der Waals surface area contributed by atoms with E-state index in [0.29, 0.717) is 11.7 Å². The smallest absolute Gasteiger partial charge is 0.241 e. The molecule has 2 heterocycles. The molecule has 136 valence electrons. The van der Waals surface area contributed by atoms with Crippen molar-refractivity contribution in [3.63, 3.8) is 0 Å². The molecule has 0 spiro atoms. The minimum atomic E-state index is -0.155. The van der Waals surface area contributed by atoms with Crippen LogP contribution in [0.25, 0.3) is 0 Å². The Labute approximate surface area is 153 Å². The SMILES string of the molecule is CC(C(=O)Nc1ccc2c(c1)OCO2)N1CCC(c2ccccc2)CC1. The number of carbonyl (C=O) groups is 1. The van der Waals surface area contributed by atoms with E-state index in [2.05, 4.69) is 40.5 Å². The molecule has 1 amide bonds. The first-order chi connectivity index (χ1) is 12.7. The van der Waals surface area contributed by atoms with Crippen LogP contribution in [0.5, 0.6) is 11.5 Å². The van der Waals surface area contributed by atoms with Gasteiger partial charge in [0.1, 0.15) is 0 Å². The summed E-state index contributed by atoms with van der Waals surface area (Å²) < 4.78 is 10.7. The molecule has 26 heavy (non-hydrogen) atoms. The van der Waals surface area contributed by atoms with Gasteiger partial charge in [0.15, 0.2) is 11.5 Å². The first-order valence-corrected chi connectivity index (χ1v) is 9.20. The van der Waals surface area contributed by atoms with Gasteiger partial charge < -0.3 is 14.8 Å². The summed E-state index contributed by atoms with van der Waals surface area (Å²) in [6.07, 6.45) is 2.18. The van der Waals surface area contributed by atoms with Crippen molar-refractivity contribution in [3.05, 3.63) is 54.1 Å². The summed E-state index contributed by atoms with van der Waals surface area (Å²) in [5.74, 6) is 2.01. The molecule has 0 aliphatic carbocycles. The van der Waals surface area contributed by atoms with Gasteiger partial charge in [-0.1, -0.05) is 30.3 Å². The van der Waals surface area contributed by atoms with Crippen molar-refractivity contribution in [1.82, 2.24) is 4.90 Å². The number of piperidine rings is 1. The summed E-state index contributed by atoms with van der Waals surface area (Å²) in [7, 11) is 0. The van der Waals surface area contributed by atoms with Crippen LogP contribution in [0.3, 0.4) is 0 Å². The Kier molecular flexibility index (Phi) is 4.80. The van der Waals surface area contributed by atoms with E-state index >= 15 is 0 Å². The van der Waals surface area contributed by atoms with E-state index < -0.39 is 0 Å². The number of amides is 1. The molecule has 1 atom stereocenters. The van der Waals surface area contributed by atoms with Gasteiger partial charge in [-0.05, 0) is 56.5 Å². The predicted octanol–water partition coefficient (Wildman–Crippen LogP) is 3.62. The number of hydrogen-bond acceptors (Lipinski definition) is 4. The molecule has 2 aliphatic heterocycles. The molecule has 1 saturated heterocycles. The van der Waals surface area contributed by atoms with Gasteiger partial charge in [0.25, 0.3) is 0 Å². The molecule has 0 aromatic heterocycles. The molecule has 0 saturated carbocycles. The van der Waals surface area contributed by atoms with E-state index in [-0.39, 0.29) is 18.7 Å². The summed E-state index contributed by atoms with van der Waals surface area (Å²) >= 11 is 0. The molecule has 1 fully saturated rings.